The topological polar surface area (TPSA) is 156 Å². The number of aromatic nitrogens is 2. The van der Waals surface area contributed by atoms with Crippen molar-refractivity contribution in [3.05, 3.63) is 77.6 Å². The van der Waals surface area contributed by atoms with Crippen molar-refractivity contribution in [1.82, 2.24) is 14.7 Å². The lowest BCUT2D eigenvalue weighted by Gasteiger charge is -2.26. The molecular weight excluding hydrogens is 554 g/mol. The van der Waals surface area contributed by atoms with E-state index in [2.05, 4.69) is 14.7 Å². The van der Waals surface area contributed by atoms with Crippen molar-refractivity contribution in [3.8, 4) is 11.1 Å². The van der Waals surface area contributed by atoms with Crippen molar-refractivity contribution < 1.29 is 35.9 Å². The molecule has 4 aromatic rings. The molecule has 0 saturated heterocycles. The van der Waals surface area contributed by atoms with Gasteiger partial charge in [0.15, 0.2) is 5.82 Å². The average Bonchev–Trinajstić information content (AvgIpc) is 3.34. The van der Waals surface area contributed by atoms with E-state index in [0.29, 0.717) is 21.9 Å². The van der Waals surface area contributed by atoms with Crippen LogP contribution in [0.3, 0.4) is 0 Å². The standard InChI is InChI=1S/C25H24F2N4O6S2/c1-2-10-31(38(34)35)21-8-7-20(26)22(23(21)27)24(33)19-14-29-25-18(19)12-16(13-28-25)15-3-5-17(6-4-15)39(36,37)30-9-11-32/h3-8,12-14,30,32H,2,9-11H2,1H3,(H,28,29)(H,34,35)/p-1. The van der Waals surface area contributed by atoms with Crippen LogP contribution in [0.1, 0.15) is 29.3 Å². The Kier molecular flexibility index (Phi) is 8.51. The Balaban J connectivity index is 1.73. The molecule has 10 nitrogen and oxygen atoms in total. The monoisotopic (exact) mass is 577 g/mol. The van der Waals surface area contributed by atoms with Crippen LogP contribution in [-0.2, 0) is 21.3 Å². The van der Waals surface area contributed by atoms with Gasteiger partial charge in [-0.3, -0.25) is 13.3 Å². The molecule has 0 aliphatic carbocycles. The summed E-state index contributed by atoms with van der Waals surface area (Å²) >= 11 is -2.84. The molecule has 14 heteroatoms. The molecule has 0 bridgehead atoms. The Morgan fingerprint density at radius 1 is 1.18 bits per heavy atom. The van der Waals surface area contributed by atoms with Gasteiger partial charge in [0.2, 0.25) is 15.8 Å². The van der Waals surface area contributed by atoms with Gasteiger partial charge in [-0.2, -0.15) is 0 Å². The predicted octanol–water partition coefficient (Wildman–Crippen LogP) is 3.02. The molecule has 0 radical (unpaired) electrons. The maximum Gasteiger partial charge on any atom is 0.240 e. The molecule has 206 valence electrons. The molecule has 0 aliphatic heterocycles. The van der Waals surface area contributed by atoms with Gasteiger partial charge in [-0.25, -0.2) is 26.9 Å². The number of rotatable bonds is 11. The molecule has 0 amide bonds. The zero-order chi connectivity index (χ0) is 28.3. The highest BCUT2D eigenvalue weighted by molar-refractivity contribution is 7.89. The largest absolute Gasteiger partial charge is 0.755 e. The maximum absolute atomic E-state index is 15.4. The van der Waals surface area contributed by atoms with E-state index in [0.717, 1.165) is 12.1 Å². The number of pyridine rings is 1. The van der Waals surface area contributed by atoms with Gasteiger partial charge >= 0.3 is 0 Å². The van der Waals surface area contributed by atoms with Gasteiger partial charge < -0.3 is 14.6 Å². The zero-order valence-electron chi connectivity index (χ0n) is 20.5. The zero-order valence-corrected chi connectivity index (χ0v) is 22.1. The van der Waals surface area contributed by atoms with E-state index in [1.165, 1.54) is 36.7 Å². The molecule has 0 aliphatic rings. The third kappa shape index (κ3) is 5.74. The van der Waals surface area contributed by atoms with Crippen LogP contribution in [0, 0.1) is 11.6 Å². The molecule has 39 heavy (non-hydrogen) atoms. The van der Waals surface area contributed by atoms with Crippen LogP contribution in [0.4, 0.5) is 14.5 Å². The second-order valence-electron chi connectivity index (χ2n) is 8.37. The lowest BCUT2D eigenvalue weighted by Crippen LogP contribution is -2.28. The summed E-state index contributed by atoms with van der Waals surface area (Å²) in [6.45, 7) is 1.13. The highest BCUT2D eigenvalue weighted by Crippen LogP contribution is 2.31. The fourth-order valence-electron chi connectivity index (χ4n) is 3.99. The molecule has 2 heterocycles. The van der Waals surface area contributed by atoms with Gasteiger partial charge in [-0.15, -0.1) is 0 Å². The number of carbonyl (C=O) groups is 1. The first-order valence-electron chi connectivity index (χ1n) is 11.7. The summed E-state index contributed by atoms with van der Waals surface area (Å²) in [5, 5.41) is 9.11. The predicted molar refractivity (Wildman–Crippen MR) is 140 cm³/mol. The molecule has 2 aromatic carbocycles. The van der Waals surface area contributed by atoms with E-state index in [-0.39, 0.29) is 41.2 Å². The summed E-state index contributed by atoms with van der Waals surface area (Å²) in [5.41, 5.74) is -0.134. The summed E-state index contributed by atoms with van der Waals surface area (Å²) in [5.74, 6) is -3.47. The Morgan fingerprint density at radius 3 is 2.54 bits per heavy atom. The van der Waals surface area contributed by atoms with Crippen LogP contribution in [-0.4, -0.2) is 57.7 Å². The van der Waals surface area contributed by atoms with Crippen molar-refractivity contribution in [2.45, 2.75) is 18.2 Å². The Morgan fingerprint density at radius 2 is 1.90 bits per heavy atom. The number of hydrogen-bond donors (Lipinski definition) is 3. The molecule has 4 rings (SSSR count). The van der Waals surface area contributed by atoms with Gasteiger partial charge in [0, 0.05) is 53.3 Å². The van der Waals surface area contributed by atoms with Gasteiger partial charge in [0.1, 0.15) is 11.5 Å². The summed E-state index contributed by atoms with van der Waals surface area (Å²) in [6.07, 6.45) is 3.10. The number of carbonyl (C=O) groups excluding carboxylic acids is 1. The van der Waals surface area contributed by atoms with E-state index in [1.807, 2.05) is 0 Å². The number of nitrogens with one attached hydrogen (secondary N) is 2. The minimum absolute atomic E-state index is 0.0202. The lowest BCUT2D eigenvalue weighted by atomic mass is 9.99. The Bertz CT molecular complexity index is 1660. The van der Waals surface area contributed by atoms with Gasteiger partial charge in [0.05, 0.1) is 22.8 Å². The third-order valence-electron chi connectivity index (χ3n) is 5.85. The molecule has 3 N–H and O–H groups in total. The summed E-state index contributed by atoms with van der Waals surface area (Å²) in [6, 6.07) is 9.14. The molecule has 2 aromatic heterocycles. The lowest BCUT2D eigenvalue weighted by molar-refractivity contribution is 0.103. The van der Waals surface area contributed by atoms with Crippen molar-refractivity contribution in [2.24, 2.45) is 0 Å². The average molecular weight is 578 g/mol. The number of benzene rings is 2. The molecule has 1 atom stereocenters. The summed E-state index contributed by atoms with van der Waals surface area (Å²) in [7, 11) is -3.81. The molecular formula is C25H23F2N4O6S2-. The molecule has 0 fully saturated rings. The highest BCUT2D eigenvalue weighted by Gasteiger charge is 2.26. The van der Waals surface area contributed by atoms with E-state index in [1.54, 1.807) is 13.0 Å². The van der Waals surface area contributed by atoms with Gasteiger partial charge in [0.25, 0.3) is 0 Å². The van der Waals surface area contributed by atoms with Crippen LogP contribution in [0.5, 0.6) is 0 Å². The number of aliphatic hydroxyl groups is 1. The van der Waals surface area contributed by atoms with Gasteiger partial charge in [-0.05, 0) is 42.3 Å². The first kappa shape index (κ1) is 28.4. The van der Waals surface area contributed by atoms with Crippen molar-refractivity contribution in [2.75, 3.05) is 24.0 Å². The Hall–Kier alpha value is -3.56. The van der Waals surface area contributed by atoms with Crippen molar-refractivity contribution in [3.63, 3.8) is 0 Å². The quantitative estimate of drug-likeness (QED) is 0.183. The minimum Gasteiger partial charge on any atom is -0.755 e. The first-order chi connectivity index (χ1) is 18.6. The van der Waals surface area contributed by atoms with E-state index >= 15 is 4.39 Å². The van der Waals surface area contributed by atoms with Crippen LogP contribution in [0.25, 0.3) is 22.2 Å². The SMILES string of the molecule is CCCN(c1ccc(F)c(C(=O)c2c[nH]c3ncc(-c4ccc(S(=O)(=O)NCCO)cc4)cc23)c1F)S(=O)[O-]. The second kappa shape index (κ2) is 11.7. The number of ketones is 1. The number of sulfonamides is 1. The first-order valence-corrected chi connectivity index (χ1v) is 14.2. The smallest absolute Gasteiger partial charge is 0.240 e. The third-order valence-corrected chi connectivity index (χ3v) is 8.07. The second-order valence-corrected chi connectivity index (χ2v) is 11.0. The fourth-order valence-corrected chi connectivity index (χ4v) is 5.65. The number of hydrogen-bond acceptors (Lipinski definition) is 7. The Labute approximate surface area is 225 Å². The molecule has 1 unspecified atom stereocenters. The number of nitrogens with zero attached hydrogens (tertiary/aromatic N) is 2. The van der Waals surface area contributed by atoms with Crippen molar-refractivity contribution in [1.29, 1.82) is 0 Å². The van der Waals surface area contributed by atoms with Crippen molar-refractivity contribution >= 4 is 43.8 Å². The minimum atomic E-state index is -3.81. The summed E-state index contributed by atoms with van der Waals surface area (Å²) in [4.78, 5) is 20.4. The number of halogens is 2. The number of H-pyrrole nitrogens is 1. The van der Waals surface area contributed by atoms with E-state index in [4.69, 9.17) is 5.11 Å². The number of aliphatic hydroxyl groups excluding tert-OH is 1. The van der Waals surface area contributed by atoms with Crippen LogP contribution in [0.2, 0.25) is 0 Å². The maximum atomic E-state index is 15.4. The van der Waals surface area contributed by atoms with Gasteiger partial charge in [-0.1, -0.05) is 19.1 Å². The van der Waals surface area contributed by atoms with E-state index in [9.17, 15) is 26.4 Å². The highest BCUT2D eigenvalue weighted by atomic mass is 32.2. The summed E-state index contributed by atoms with van der Waals surface area (Å²) < 4.78 is 80.9. The van der Waals surface area contributed by atoms with Crippen LogP contribution in [0.15, 0.2) is 59.8 Å². The van der Waals surface area contributed by atoms with E-state index < -0.39 is 50.0 Å². The molecule has 0 saturated carbocycles. The normalized spacial score (nSPS) is 12.5. The molecule has 0 spiro atoms. The number of anilines is 1. The van der Waals surface area contributed by atoms with Crippen LogP contribution < -0.4 is 9.03 Å². The number of aromatic amines is 1. The van der Waals surface area contributed by atoms with Crippen LogP contribution >= 0.6 is 0 Å². The fraction of sp³-hybridized carbons (Fsp3) is 0.200. The number of fused-ring (bicyclic) bond motifs is 1.